The topological polar surface area (TPSA) is 69.0 Å². The minimum Gasteiger partial charge on any atom is -0.267 e. The molecule has 0 unspecified atom stereocenters. The van der Waals surface area contributed by atoms with Crippen molar-refractivity contribution >= 4 is 9.84 Å². The van der Waals surface area contributed by atoms with Crippen LogP contribution in [-0.2, 0) is 16.4 Å². The van der Waals surface area contributed by atoms with E-state index in [1.54, 1.807) is 0 Å². The van der Waals surface area contributed by atoms with E-state index in [1.165, 1.54) is 43.3 Å². The summed E-state index contributed by atoms with van der Waals surface area (Å²) in [6, 6.07) is 10.3. The first kappa shape index (κ1) is 21.7. The van der Waals surface area contributed by atoms with Crippen LogP contribution in [0, 0.1) is 12.7 Å². The van der Waals surface area contributed by atoms with Crippen LogP contribution in [0.4, 0.5) is 17.6 Å². The maximum absolute atomic E-state index is 13.4. The highest BCUT2D eigenvalue weighted by Crippen LogP contribution is 2.32. The van der Waals surface area contributed by atoms with E-state index in [4.69, 9.17) is 0 Å². The monoisotopic (exact) mass is 440 g/mol. The molecule has 3 rings (SSSR count). The summed E-state index contributed by atoms with van der Waals surface area (Å²) in [4.78, 5) is 13.0. The number of nitrogens with zero attached hydrogens (tertiary/aromatic N) is 2. The average Bonchev–Trinajstić information content (AvgIpc) is 2.63. The van der Waals surface area contributed by atoms with E-state index < -0.39 is 33.9 Å². The summed E-state index contributed by atoms with van der Waals surface area (Å²) >= 11 is 0. The number of hydrogen-bond donors (Lipinski definition) is 0. The third-order valence-corrected chi connectivity index (χ3v) is 5.49. The summed E-state index contributed by atoms with van der Waals surface area (Å²) in [7, 11) is -3.46. The number of hydrogen-bond acceptors (Lipinski definition) is 4. The molecule has 0 saturated carbocycles. The van der Waals surface area contributed by atoms with Crippen LogP contribution in [0.1, 0.15) is 5.69 Å². The quantitative estimate of drug-likeness (QED) is 0.576. The van der Waals surface area contributed by atoms with Gasteiger partial charge in [0.05, 0.1) is 16.2 Å². The van der Waals surface area contributed by atoms with E-state index in [1.807, 2.05) is 0 Å². The lowest BCUT2D eigenvalue weighted by Crippen LogP contribution is -2.32. The highest BCUT2D eigenvalue weighted by Gasteiger charge is 2.31. The fraction of sp³-hybridized carbons (Fsp3) is 0.200. The minimum atomic E-state index is -4.66. The van der Waals surface area contributed by atoms with Crippen molar-refractivity contribution < 1.29 is 26.0 Å². The fourth-order valence-electron chi connectivity index (χ4n) is 3.08. The van der Waals surface area contributed by atoms with E-state index in [0.29, 0.717) is 10.2 Å². The second kappa shape index (κ2) is 7.67. The third kappa shape index (κ3) is 4.59. The van der Waals surface area contributed by atoms with Gasteiger partial charge in [0.25, 0.3) is 5.56 Å². The van der Waals surface area contributed by atoms with Crippen LogP contribution in [0.2, 0.25) is 0 Å². The van der Waals surface area contributed by atoms with Crippen LogP contribution in [0.5, 0.6) is 0 Å². The number of alkyl halides is 3. The minimum absolute atomic E-state index is 0.0469. The molecule has 0 aliphatic heterocycles. The molecule has 0 aliphatic rings. The summed E-state index contributed by atoms with van der Waals surface area (Å²) in [5.74, 6) is -0.570. The second-order valence-electron chi connectivity index (χ2n) is 6.72. The van der Waals surface area contributed by atoms with E-state index in [2.05, 4.69) is 5.10 Å². The molecule has 0 atom stereocenters. The Hall–Kier alpha value is -3.01. The highest BCUT2D eigenvalue weighted by molar-refractivity contribution is 7.90. The maximum Gasteiger partial charge on any atom is 0.408 e. The smallest absolute Gasteiger partial charge is 0.267 e. The van der Waals surface area contributed by atoms with Crippen molar-refractivity contribution in [1.82, 2.24) is 9.78 Å². The van der Waals surface area contributed by atoms with Gasteiger partial charge in [-0.3, -0.25) is 4.79 Å². The predicted molar refractivity (Wildman–Crippen MR) is 103 cm³/mol. The first-order valence-corrected chi connectivity index (χ1v) is 10.5. The highest BCUT2D eigenvalue weighted by atomic mass is 32.2. The van der Waals surface area contributed by atoms with Crippen LogP contribution in [-0.4, -0.2) is 30.6 Å². The lowest BCUT2D eigenvalue weighted by atomic mass is 9.95. The zero-order valence-electron chi connectivity index (χ0n) is 15.9. The molecule has 0 aliphatic carbocycles. The van der Waals surface area contributed by atoms with Gasteiger partial charge >= 0.3 is 6.18 Å². The number of aromatic nitrogens is 2. The predicted octanol–water partition coefficient (Wildman–Crippen LogP) is 3.99. The Kier molecular flexibility index (Phi) is 5.55. The molecule has 5 nitrogen and oxygen atoms in total. The molecule has 0 saturated heterocycles. The van der Waals surface area contributed by atoms with Gasteiger partial charge < -0.3 is 0 Å². The lowest BCUT2D eigenvalue weighted by molar-refractivity contribution is -0.143. The van der Waals surface area contributed by atoms with Crippen molar-refractivity contribution in [3.8, 4) is 22.3 Å². The molecular formula is C20H16F4N2O3S. The van der Waals surface area contributed by atoms with E-state index in [-0.39, 0.29) is 27.3 Å². The number of rotatable bonds is 4. The van der Waals surface area contributed by atoms with Crippen LogP contribution in [0.3, 0.4) is 0 Å². The summed E-state index contributed by atoms with van der Waals surface area (Å²) < 4.78 is 75.8. The van der Waals surface area contributed by atoms with Crippen molar-refractivity contribution in [1.29, 1.82) is 0 Å². The molecule has 158 valence electrons. The van der Waals surface area contributed by atoms with E-state index in [0.717, 1.165) is 18.4 Å². The molecule has 0 bridgehead atoms. The van der Waals surface area contributed by atoms with Gasteiger partial charge in [-0.15, -0.1) is 0 Å². The Labute approximate surface area is 169 Å². The van der Waals surface area contributed by atoms with Crippen LogP contribution in [0.25, 0.3) is 22.3 Å². The standard InChI is InChI=1S/C20H16F4N2O3S/c1-12-17(13-5-9-16(10-6-13)30(2,28)29)18(14-3-7-15(21)8-4-14)19(27)26(25-12)11-20(22,23)24/h3-10H,11H2,1-2H3. The number of halogens is 4. The molecule has 0 spiro atoms. The Balaban J connectivity index is 2.30. The van der Waals surface area contributed by atoms with Crippen molar-refractivity contribution in [3.05, 3.63) is 70.4 Å². The van der Waals surface area contributed by atoms with Gasteiger partial charge in [-0.1, -0.05) is 24.3 Å². The number of benzene rings is 2. The van der Waals surface area contributed by atoms with Crippen molar-refractivity contribution in [2.75, 3.05) is 6.26 Å². The van der Waals surface area contributed by atoms with Crippen molar-refractivity contribution in [2.45, 2.75) is 24.5 Å². The Morgan fingerprint density at radius 3 is 1.93 bits per heavy atom. The van der Waals surface area contributed by atoms with Gasteiger partial charge in [0.2, 0.25) is 0 Å². The molecule has 3 aromatic rings. The van der Waals surface area contributed by atoms with Crippen LogP contribution in [0.15, 0.2) is 58.2 Å². The summed E-state index contributed by atoms with van der Waals surface area (Å²) in [6.07, 6.45) is -3.63. The Morgan fingerprint density at radius 1 is 0.933 bits per heavy atom. The van der Waals surface area contributed by atoms with Gasteiger partial charge in [-0.2, -0.15) is 18.3 Å². The number of aryl methyl sites for hydroxylation is 1. The lowest BCUT2D eigenvalue weighted by Gasteiger charge is -2.17. The SMILES string of the molecule is Cc1nn(CC(F)(F)F)c(=O)c(-c2ccc(F)cc2)c1-c1ccc(S(C)(=O)=O)cc1. The van der Waals surface area contributed by atoms with Gasteiger partial charge in [-0.25, -0.2) is 17.5 Å². The van der Waals surface area contributed by atoms with Gasteiger partial charge in [0.1, 0.15) is 12.4 Å². The van der Waals surface area contributed by atoms with Crippen LogP contribution >= 0.6 is 0 Å². The summed E-state index contributed by atoms with van der Waals surface area (Å²) in [6.45, 7) is -0.132. The van der Waals surface area contributed by atoms with E-state index >= 15 is 0 Å². The summed E-state index contributed by atoms with van der Waals surface area (Å²) in [5, 5.41) is 3.80. The number of sulfone groups is 1. The van der Waals surface area contributed by atoms with Gasteiger partial charge in [0.15, 0.2) is 9.84 Å². The molecule has 1 aromatic heterocycles. The zero-order chi connectivity index (χ0) is 22.3. The zero-order valence-corrected chi connectivity index (χ0v) is 16.7. The second-order valence-corrected chi connectivity index (χ2v) is 8.73. The molecule has 0 amide bonds. The third-order valence-electron chi connectivity index (χ3n) is 4.36. The largest absolute Gasteiger partial charge is 0.408 e. The van der Waals surface area contributed by atoms with Gasteiger partial charge in [0, 0.05) is 11.8 Å². The normalized spacial score (nSPS) is 12.2. The maximum atomic E-state index is 13.4. The first-order chi connectivity index (χ1) is 13.9. The molecule has 0 radical (unpaired) electrons. The molecule has 2 aromatic carbocycles. The van der Waals surface area contributed by atoms with E-state index in [9.17, 15) is 30.8 Å². The van der Waals surface area contributed by atoms with Crippen molar-refractivity contribution in [2.24, 2.45) is 0 Å². The Bertz CT molecular complexity index is 1250. The first-order valence-electron chi connectivity index (χ1n) is 8.62. The van der Waals surface area contributed by atoms with Gasteiger partial charge in [-0.05, 0) is 42.3 Å². The Morgan fingerprint density at radius 2 is 1.43 bits per heavy atom. The molecule has 0 fully saturated rings. The molecule has 0 N–H and O–H groups in total. The average molecular weight is 440 g/mol. The van der Waals surface area contributed by atoms with Crippen molar-refractivity contribution in [3.63, 3.8) is 0 Å². The molecule has 10 heteroatoms. The molecule has 1 heterocycles. The fourth-order valence-corrected chi connectivity index (χ4v) is 3.71. The summed E-state index contributed by atoms with van der Waals surface area (Å²) in [5.41, 5.74) is -0.103. The van der Waals surface area contributed by atoms with Crippen LogP contribution < -0.4 is 5.56 Å². The molecular weight excluding hydrogens is 424 g/mol. The molecule has 30 heavy (non-hydrogen) atoms.